The van der Waals surface area contributed by atoms with Gasteiger partial charge in [-0.05, 0) is 18.8 Å². The Morgan fingerprint density at radius 1 is 1.35 bits per heavy atom. The van der Waals surface area contributed by atoms with E-state index in [-0.39, 0.29) is 0 Å². The summed E-state index contributed by atoms with van der Waals surface area (Å²) in [4.78, 5) is 0. The molecule has 4 heteroatoms. The number of hydrogen-bond acceptors (Lipinski definition) is 3. The SMILES string of the molecule is CCCC.COc1cccc2c1P(C)(=O)CO2. The molecule has 0 amide bonds. The Hall–Kier alpha value is -0.950. The van der Waals surface area contributed by atoms with Crippen LogP contribution in [0.2, 0.25) is 0 Å². The first kappa shape index (κ1) is 14.1. The molecule has 17 heavy (non-hydrogen) atoms. The molecule has 1 heterocycles. The Labute approximate surface area is 104 Å². The quantitative estimate of drug-likeness (QED) is 0.760. The zero-order chi connectivity index (χ0) is 12.9. The molecule has 0 saturated carbocycles. The van der Waals surface area contributed by atoms with E-state index in [1.165, 1.54) is 12.8 Å². The fourth-order valence-corrected chi connectivity index (χ4v) is 3.26. The highest BCUT2D eigenvalue weighted by Gasteiger charge is 2.33. The second-order valence-corrected chi connectivity index (χ2v) is 7.09. The van der Waals surface area contributed by atoms with Crippen LogP contribution in [0, 0.1) is 0 Å². The number of hydrogen-bond donors (Lipinski definition) is 0. The highest BCUT2D eigenvalue weighted by atomic mass is 31.2. The van der Waals surface area contributed by atoms with Crippen molar-refractivity contribution in [3.8, 4) is 11.5 Å². The molecule has 0 N–H and O–H groups in total. The van der Waals surface area contributed by atoms with Gasteiger partial charge in [0.05, 0.1) is 12.4 Å². The predicted octanol–water partition coefficient (Wildman–Crippen LogP) is 3.47. The minimum absolute atomic E-state index is 0.294. The van der Waals surface area contributed by atoms with Crippen molar-refractivity contribution < 1.29 is 14.0 Å². The van der Waals surface area contributed by atoms with Crippen LogP contribution in [-0.4, -0.2) is 20.1 Å². The maximum Gasteiger partial charge on any atom is 0.155 e. The number of ether oxygens (including phenoxy) is 2. The molecule has 0 aliphatic carbocycles. The Morgan fingerprint density at radius 2 is 2.00 bits per heavy atom. The van der Waals surface area contributed by atoms with Crippen molar-refractivity contribution in [2.75, 3.05) is 20.1 Å². The van der Waals surface area contributed by atoms with Gasteiger partial charge >= 0.3 is 0 Å². The highest BCUT2D eigenvalue weighted by Crippen LogP contribution is 2.50. The molecule has 0 aromatic heterocycles. The third-order valence-electron chi connectivity index (χ3n) is 2.62. The normalized spacial score (nSPS) is 20.9. The Morgan fingerprint density at radius 3 is 2.53 bits per heavy atom. The van der Waals surface area contributed by atoms with E-state index in [0.29, 0.717) is 17.8 Å². The molecule has 0 spiro atoms. The number of unbranched alkanes of at least 4 members (excludes halogenated alkanes) is 1. The molecule has 1 aromatic carbocycles. The topological polar surface area (TPSA) is 35.5 Å². The molecule has 0 radical (unpaired) electrons. The number of rotatable bonds is 2. The van der Waals surface area contributed by atoms with Crippen LogP contribution >= 0.6 is 7.14 Å². The number of benzene rings is 1. The van der Waals surface area contributed by atoms with Crippen LogP contribution in [0.25, 0.3) is 0 Å². The molecular weight excluding hydrogens is 235 g/mol. The van der Waals surface area contributed by atoms with Crippen LogP contribution < -0.4 is 14.8 Å². The molecule has 96 valence electrons. The third-order valence-corrected chi connectivity index (χ3v) is 4.63. The lowest BCUT2D eigenvalue weighted by Crippen LogP contribution is -2.04. The number of methoxy groups -OCH3 is 1. The minimum Gasteiger partial charge on any atom is -0.496 e. The summed E-state index contributed by atoms with van der Waals surface area (Å²) in [6.45, 7) is 6.08. The maximum absolute atomic E-state index is 12.0. The van der Waals surface area contributed by atoms with Crippen LogP contribution in [0.5, 0.6) is 11.5 Å². The fourth-order valence-electron chi connectivity index (χ4n) is 1.51. The summed E-state index contributed by atoms with van der Waals surface area (Å²) in [6.07, 6.45) is 2.93. The van der Waals surface area contributed by atoms with E-state index in [4.69, 9.17) is 9.47 Å². The lowest BCUT2D eigenvalue weighted by Gasteiger charge is -2.07. The minimum atomic E-state index is -2.33. The second-order valence-electron chi connectivity index (χ2n) is 4.18. The van der Waals surface area contributed by atoms with Crippen LogP contribution in [0.1, 0.15) is 26.7 Å². The van der Waals surface area contributed by atoms with Crippen molar-refractivity contribution in [3.05, 3.63) is 18.2 Å². The van der Waals surface area contributed by atoms with Gasteiger partial charge in [-0.3, -0.25) is 0 Å². The molecule has 1 unspecified atom stereocenters. The van der Waals surface area contributed by atoms with Gasteiger partial charge in [-0.15, -0.1) is 0 Å². The summed E-state index contributed by atoms with van der Waals surface area (Å²) < 4.78 is 22.5. The van der Waals surface area contributed by atoms with Crippen LogP contribution in [-0.2, 0) is 4.57 Å². The van der Waals surface area contributed by atoms with Crippen molar-refractivity contribution >= 4 is 12.4 Å². The fraction of sp³-hybridized carbons (Fsp3) is 0.538. The smallest absolute Gasteiger partial charge is 0.155 e. The average Bonchev–Trinajstić information content (AvgIpc) is 2.66. The van der Waals surface area contributed by atoms with Gasteiger partial charge in [0.1, 0.15) is 17.8 Å². The Kier molecular flexibility index (Phi) is 5.07. The van der Waals surface area contributed by atoms with Crippen LogP contribution in [0.4, 0.5) is 0 Å². The first-order valence-corrected chi connectivity index (χ1v) is 8.27. The van der Waals surface area contributed by atoms with Gasteiger partial charge in [-0.25, -0.2) is 0 Å². The summed E-state index contributed by atoms with van der Waals surface area (Å²) in [6, 6.07) is 5.47. The standard InChI is InChI=1S/C9H11O3P.C4H10/c1-11-7-4-3-5-8-9(7)13(2,10)6-12-8;1-3-4-2/h3-5H,6H2,1-2H3;3-4H2,1-2H3. The van der Waals surface area contributed by atoms with E-state index in [1.807, 2.05) is 18.2 Å². The van der Waals surface area contributed by atoms with Gasteiger partial charge < -0.3 is 14.0 Å². The third kappa shape index (κ3) is 3.26. The van der Waals surface area contributed by atoms with Gasteiger partial charge in [-0.2, -0.15) is 0 Å². The summed E-state index contributed by atoms with van der Waals surface area (Å²) in [5.41, 5.74) is 0. The lowest BCUT2D eigenvalue weighted by molar-refractivity contribution is 0.390. The molecule has 0 fully saturated rings. The van der Waals surface area contributed by atoms with E-state index in [0.717, 1.165) is 5.30 Å². The van der Waals surface area contributed by atoms with Gasteiger partial charge in [0, 0.05) is 0 Å². The Bertz CT molecular complexity index is 413. The van der Waals surface area contributed by atoms with Crippen molar-refractivity contribution in [3.63, 3.8) is 0 Å². The average molecular weight is 256 g/mol. The largest absolute Gasteiger partial charge is 0.496 e. The van der Waals surface area contributed by atoms with E-state index >= 15 is 0 Å². The Balaban J connectivity index is 0.000000317. The summed E-state index contributed by atoms with van der Waals surface area (Å²) in [5, 5.41) is 0.748. The van der Waals surface area contributed by atoms with Crippen molar-refractivity contribution in [1.82, 2.24) is 0 Å². The molecule has 2 rings (SSSR count). The first-order chi connectivity index (χ1) is 8.06. The summed E-state index contributed by atoms with van der Waals surface area (Å²) in [7, 11) is -0.757. The van der Waals surface area contributed by atoms with Crippen molar-refractivity contribution in [2.45, 2.75) is 26.7 Å². The van der Waals surface area contributed by atoms with Crippen molar-refractivity contribution in [2.24, 2.45) is 0 Å². The molecule has 0 bridgehead atoms. The van der Waals surface area contributed by atoms with Gasteiger partial charge in [-0.1, -0.05) is 32.8 Å². The van der Waals surface area contributed by atoms with Crippen molar-refractivity contribution in [1.29, 1.82) is 0 Å². The monoisotopic (exact) mass is 256 g/mol. The molecule has 3 nitrogen and oxygen atoms in total. The maximum atomic E-state index is 12.0. The number of fused-ring (bicyclic) bond motifs is 1. The van der Waals surface area contributed by atoms with Crippen LogP contribution in [0.15, 0.2) is 18.2 Å². The van der Waals surface area contributed by atoms with E-state index in [1.54, 1.807) is 13.8 Å². The molecule has 1 aliphatic rings. The predicted molar refractivity (Wildman–Crippen MR) is 72.2 cm³/mol. The van der Waals surface area contributed by atoms with Crippen LogP contribution in [0.3, 0.4) is 0 Å². The zero-order valence-electron chi connectivity index (χ0n) is 11.0. The van der Waals surface area contributed by atoms with E-state index in [2.05, 4.69) is 13.8 Å². The van der Waals surface area contributed by atoms with Gasteiger partial charge in [0.15, 0.2) is 7.14 Å². The van der Waals surface area contributed by atoms with Gasteiger partial charge in [0.2, 0.25) is 0 Å². The highest BCUT2D eigenvalue weighted by molar-refractivity contribution is 7.71. The molecule has 1 atom stereocenters. The lowest BCUT2D eigenvalue weighted by atomic mass is 10.3. The van der Waals surface area contributed by atoms with E-state index in [9.17, 15) is 4.57 Å². The second kappa shape index (κ2) is 6.11. The zero-order valence-corrected chi connectivity index (χ0v) is 11.9. The molecule has 1 aliphatic heterocycles. The molecule has 0 saturated heterocycles. The summed E-state index contributed by atoms with van der Waals surface area (Å²) in [5.74, 6) is 1.37. The van der Waals surface area contributed by atoms with E-state index < -0.39 is 7.14 Å². The molecule has 1 aromatic rings. The first-order valence-electron chi connectivity index (χ1n) is 5.93. The molecular formula is C13H21O3P. The summed E-state index contributed by atoms with van der Waals surface area (Å²) >= 11 is 0. The van der Waals surface area contributed by atoms with Gasteiger partial charge in [0.25, 0.3) is 0 Å².